The average Bonchev–Trinajstić information content (AvgIpc) is 2.99. The summed E-state index contributed by atoms with van der Waals surface area (Å²) in [6.07, 6.45) is 0. The summed E-state index contributed by atoms with van der Waals surface area (Å²) < 4.78 is 39.9. The molecule has 0 saturated carbocycles. The van der Waals surface area contributed by atoms with E-state index in [1.807, 2.05) is 0 Å². The van der Waals surface area contributed by atoms with Crippen LogP contribution in [0.3, 0.4) is 0 Å². The molecule has 1 heterocycles. The molecule has 29 heavy (non-hydrogen) atoms. The van der Waals surface area contributed by atoms with E-state index < -0.39 is 23.5 Å². The first-order chi connectivity index (χ1) is 13.9. The van der Waals surface area contributed by atoms with Crippen molar-refractivity contribution in [2.75, 3.05) is 13.2 Å². The number of hydrogen-bond donors (Lipinski definition) is 0. The quantitative estimate of drug-likeness (QED) is 0.571. The van der Waals surface area contributed by atoms with Crippen molar-refractivity contribution in [1.29, 1.82) is 0 Å². The van der Waals surface area contributed by atoms with Crippen molar-refractivity contribution in [3.63, 3.8) is 0 Å². The van der Waals surface area contributed by atoms with Gasteiger partial charge in [0.25, 0.3) is 5.91 Å². The second kappa shape index (κ2) is 8.95. The molecule has 0 aliphatic carbocycles. The second-order valence-corrected chi connectivity index (χ2v) is 6.87. The maximum Gasteiger partial charge on any atom is 0.326 e. The highest BCUT2D eigenvalue weighted by molar-refractivity contribution is 7.16. The van der Waals surface area contributed by atoms with Crippen molar-refractivity contribution in [3.8, 4) is 5.75 Å². The minimum atomic E-state index is -0.857. The smallest absolute Gasteiger partial charge is 0.326 e. The summed E-state index contributed by atoms with van der Waals surface area (Å²) >= 11 is 0.901. The summed E-state index contributed by atoms with van der Waals surface area (Å²) in [5.74, 6) is -2.51. The fourth-order valence-electron chi connectivity index (χ4n) is 2.77. The lowest BCUT2D eigenvalue weighted by Gasteiger charge is -2.07. The first-order valence-electron chi connectivity index (χ1n) is 8.89. The molecule has 9 heteroatoms. The third-order valence-electron chi connectivity index (χ3n) is 3.90. The number of carbonyl (C=O) groups is 2. The maximum absolute atomic E-state index is 14.4. The number of amides is 1. The topological polar surface area (TPSA) is 69.9 Å². The van der Waals surface area contributed by atoms with E-state index >= 15 is 0 Å². The van der Waals surface area contributed by atoms with E-state index in [-0.39, 0.29) is 33.7 Å². The van der Waals surface area contributed by atoms with Gasteiger partial charge in [0.15, 0.2) is 10.6 Å². The maximum atomic E-state index is 14.4. The van der Waals surface area contributed by atoms with Gasteiger partial charge in [0.05, 0.1) is 29.0 Å². The molecular formula is C20H18F2N2O4S. The number of nitrogens with zero attached hydrogens (tertiary/aromatic N) is 2. The van der Waals surface area contributed by atoms with Crippen LogP contribution in [0, 0.1) is 11.6 Å². The number of esters is 1. The summed E-state index contributed by atoms with van der Waals surface area (Å²) in [5, 5.41) is 0. The Morgan fingerprint density at radius 1 is 1.14 bits per heavy atom. The highest BCUT2D eigenvalue weighted by atomic mass is 32.1. The van der Waals surface area contributed by atoms with Gasteiger partial charge in [-0.2, -0.15) is 4.99 Å². The van der Waals surface area contributed by atoms with Gasteiger partial charge < -0.3 is 14.0 Å². The van der Waals surface area contributed by atoms with Crippen molar-refractivity contribution in [2.24, 2.45) is 4.99 Å². The molecule has 6 nitrogen and oxygen atoms in total. The summed E-state index contributed by atoms with van der Waals surface area (Å²) in [7, 11) is 0. The Kier molecular flexibility index (Phi) is 6.38. The van der Waals surface area contributed by atoms with Gasteiger partial charge in [-0.05, 0) is 32.0 Å². The molecule has 0 aliphatic rings. The number of thiazole rings is 1. The molecule has 3 rings (SSSR count). The van der Waals surface area contributed by atoms with Crippen LogP contribution >= 0.6 is 11.3 Å². The Morgan fingerprint density at radius 3 is 2.62 bits per heavy atom. The molecule has 3 aromatic rings. The van der Waals surface area contributed by atoms with Crippen LogP contribution in [-0.4, -0.2) is 29.7 Å². The van der Waals surface area contributed by atoms with Crippen molar-refractivity contribution in [2.45, 2.75) is 20.4 Å². The van der Waals surface area contributed by atoms with Crippen LogP contribution < -0.4 is 9.54 Å². The molecule has 0 unspecified atom stereocenters. The number of fused-ring (bicyclic) bond motifs is 1. The molecule has 0 bridgehead atoms. The Bertz CT molecular complexity index is 1140. The van der Waals surface area contributed by atoms with Crippen molar-refractivity contribution >= 4 is 33.4 Å². The van der Waals surface area contributed by atoms with Gasteiger partial charge >= 0.3 is 5.97 Å². The molecule has 0 spiro atoms. The Balaban J connectivity index is 2.16. The summed E-state index contributed by atoms with van der Waals surface area (Å²) in [4.78, 5) is 28.9. The van der Waals surface area contributed by atoms with Crippen LogP contribution in [0.1, 0.15) is 24.2 Å². The van der Waals surface area contributed by atoms with Crippen LogP contribution in [0.5, 0.6) is 5.75 Å². The fraction of sp³-hybridized carbons (Fsp3) is 0.250. The third-order valence-corrected chi connectivity index (χ3v) is 4.93. The number of rotatable bonds is 6. The lowest BCUT2D eigenvalue weighted by Crippen LogP contribution is -2.23. The van der Waals surface area contributed by atoms with Gasteiger partial charge in [0.1, 0.15) is 18.1 Å². The SMILES string of the molecule is CCOC(=O)Cn1c(=NC(=O)c2ccccc2OCC)sc2cc(F)cc(F)c21. The highest BCUT2D eigenvalue weighted by Crippen LogP contribution is 2.23. The van der Waals surface area contributed by atoms with Crippen LogP contribution in [0.4, 0.5) is 8.78 Å². The van der Waals surface area contributed by atoms with Crippen molar-refractivity contribution < 1.29 is 27.8 Å². The lowest BCUT2D eigenvalue weighted by molar-refractivity contribution is -0.143. The molecule has 0 fully saturated rings. The number of carbonyl (C=O) groups excluding carboxylic acids is 2. The van der Waals surface area contributed by atoms with Gasteiger partial charge in [0.2, 0.25) is 0 Å². The summed E-state index contributed by atoms with van der Waals surface area (Å²) in [5.41, 5.74) is 0.204. The predicted octanol–water partition coefficient (Wildman–Crippen LogP) is 3.68. The number of para-hydroxylation sites is 1. The van der Waals surface area contributed by atoms with E-state index in [9.17, 15) is 18.4 Å². The number of benzene rings is 2. The first kappa shape index (κ1) is 20.7. The van der Waals surface area contributed by atoms with Crippen LogP contribution in [0.25, 0.3) is 10.2 Å². The molecule has 2 aromatic carbocycles. The zero-order valence-corrected chi connectivity index (χ0v) is 16.6. The standard InChI is InChI=1S/C20H18F2N2O4S/c1-3-27-15-8-6-5-7-13(15)19(26)23-20-24(11-17(25)28-4-2)18-14(22)9-12(21)10-16(18)29-20/h5-10H,3-4,11H2,1-2H3. The lowest BCUT2D eigenvalue weighted by atomic mass is 10.2. The Morgan fingerprint density at radius 2 is 1.90 bits per heavy atom. The second-order valence-electron chi connectivity index (χ2n) is 5.86. The van der Waals surface area contributed by atoms with Crippen LogP contribution in [0.15, 0.2) is 41.4 Å². The molecule has 152 valence electrons. The molecule has 0 atom stereocenters. The van der Waals surface area contributed by atoms with Gasteiger partial charge in [-0.25, -0.2) is 8.78 Å². The normalized spacial score (nSPS) is 11.7. The van der Waals surface area contributed by atoms with Crippen LogP contribution in [-0.2, 0) is 16.1 Å². The van der Waals surface area contributed by atoms with Gasteiger partial charge in [-0.15, -0.1) is 0 Å². The van der Waals surface area contributed by atoms with Gasteiger partial charge in [-0.3, -0.25) is 9.59 Å². The Hall–Kier alpha value is -3.07. The number of hydrogen-bond acceptors (Lipinski definition) is 5. The molecule has 0 radical (unpaired) electrons. The molecule has 0 aliphatic heterocycles. The van der Waals surface area contributed by atoms with E-state index in [2.05, 4.69) is 4.99 Å². The first-order valence-corrected chi connectivity index (χ1v) is 9.71. The number of ether oxygens (including phenoxy) is 2. The van der Waals surface area contributed by atoms with Crippen molar-refractivity contribution in [3.05, 3.63) is 58.4 Å². The summed E-state index contributed by atoms with van der Waals surface area (Å²) in [6, 6.07) is 8.42. The molecular weight excluding hydrogens is 402 g/mol. The monoisotopic (exact) mass is 420 g/mol. The number of halogens is 2. The van der Waals surface area contributed by atoms with E-state index in [0.29, 0.717) is 18.4 Å². The van der Waals surface area contributed by atoms with Gasteiger partial charge in [0, 0.05) is 6.07 Å². The average molecular weight is 420 g/mol. The number of aromatic nitrogens is 1. The predicted molar refractivity (Wildman–Crippen MR) is 104 cm³/mol. The fourth-order valence-corrected chi connectivity index (χ4v) is 3.84. The molecule has 0 saturated heterocycles. The zero-order chi connectivity index (χ0) is 21.0. The zero-order valence-electron chi connectivity index (χ0n) is 15.8. The van der Waals surface area contributed by atoms with Crippen molar-refractivity contribution in [1.82, 2.24) is 4.57 Å². The Labute approximate surface area is 169 Å². The van der Waals surface area contributed by atoms with Crippen LogP contribution in [0.2, 0.25) is 0 Å². The van der Waals surface area contributed by atoms with E-state index in [1.54, 1.807) is 38.1 Å². The van der Waals surface area contributed by atoms with Gasteiger partial charge in [-0.1, -0.05) is 23.5 Å². The molecule has 1 amide bonds. The molecule has 0 N–H and O–H groups in total. The minimum Gasteiger partial charge on any atom is -0.493 e. The largest absolute Gasteiger partial charge is 0.493 e. The molecule has 1 aromatic heterocycles. The third kappa shape index (κ3) is 4.51. The van der Waals surface area contributed by atoms with E-state index in [0.717, 1.165) is 17.4 Å². The highest BCUT2D eigenvalue weighted by Gasteiger charge is 2.18. The minimum absolute atomic E-state index is 0.0194. The van der Waals surface area contributed by atoms with E-state index in [4.69, 9.17) is 9.47 Å². The van der Waals surface area contributed by atoms with E-state index in [1.165, 1.54) is 4.57 Å². The summed E-state index contributed by atoms with van der Waals surface area (Å²) in [6.45, 7) is 3.57.